The van der Waals surface area contributed by atoms with E-state index >= 15 is 0 Å². The molecule has 0 saturated heterocycles. The molecule has 0 fully saturated rings. The second-order valence-corrected chi connectivity index (χ2v) is 20.6. The minimum Gasteiger partial charge on any atom is -0.462 e. The maximum Gasteiger partial charge on any atom is 0.306 e. The summed E-state index contributed by atoms with van der Waals surface area (Å²) in [5.74, 6) is -0.911. The normalized spacial score (nSPS) is 12.6. The number of allylic oxidation sites excluding steroid dienone is 14. The number of rotatable bonds is 56. The molecule has 0 N–H and O–H groups in total. The first kappa shape index (κ1) is 69.6. The van der Waals surface area contributed by atoms with Crippen molar-refractivity contribution in [3.05, 3.63) is 85.1 Å². The number of carbonyl (C=O) groups is 3. The highest BCUT2D eigenvalue weighted by Crippen LogP contribution is 2.16. The Morgan fingerprint density at radius 2 is 0.534 bits per heavy atom. The van der Waals surface area contributed by atoms with Crippen molar-refractivity contribution in [1.82, 2.24) is 0 Å². The molecule has 420 valence electrons. The highest BCUT2D eigenvalue weighted by Gasteiger charge is 2.19. The molecule has 0 aliphatic carbocycles. The topological polar surface area (TPSA) is 78.9 Å². The first-order valence-corrected chi connectivity index (χ1v) is 31.1. The molecule has 0 rings (SSSR count). The van der Waals surface area contributed by atoms with E-state index in [9.17, 15) is 14.4 Å². The lowest BCUT2D eigenvalue weighted by Crippen LogP contribution is -2.30. The molecule has 1 unspecified atom stereocenters. The minimum absolute atomic E-state index is 0.0877. The van der Waals surface area contributed by atoms with Crippen LogP contribution in [-0.2, 0) is 28.6 Å². The van der Waals surface area contributed by atoms with Crippen molar-refractivity contribution in [1.29, 1.82) is 0 Å². The van der Waals surface area contributed by atoms with Crippen LogP contribution >= 0.6 is 0 Å². The van der Waals surface area contributed by atoms with Crippen LogP contribution < -0.4 is 0 Å². The van der Waals surface area contributed by atoms with Gasteiger partial charge in [0.2, 0.25) is 0 Å². The van der Waals surface area contributed by atoms with Gasteiger partial charge in [0, 0.05) is 19.3 Å². The smallest absolute Gasteiger partial charge is 0.306 e. The van der Waals surface area contributed by atoms with Crippen molar-refractivity contribution in [2.45, 2.75) is 309 Å². The molecule has 73 heavy (non-hydrogen) atoms. The van der Waals surface area contributed by atoms with Crippen LogP contribution in [0.4, 0.5) is 0 Å². The predicted octanol–water partition coefficient (Wildman–Crippen LogP) is 21.1. The Hall–Kier alpha value is -3.41. The van der Waals surface area contributed by atoms with Crippen molar-refractivity contribution >= 4 is 17.9 Å². The van der Waals surface area contributed by atoms with E-state index in [4.69, 9.17) is 14.2 Å². The predicted molar refractivity (Wildman–Crippen MR) is 316 cm³/mol. The van der Waals surface area contributed by atoms with Crippen LogP contribution in [0.15, 0.2) is 85.1 Å². The number of unbranched alkanes of at least 4 members (excludes halogenated alkanes) is 31. The fraction of sp³-hybridized carbons (Fsp3) is 0.746. The molecule has 0 aliphatic heterocycles. The molecule has 0 bridgehead atoms. The molecule has 0 aliphatic rings. The Balaban J connectivity index is 4.32. The summed E-state index contributed by atoms with van der Waals surface area (Å²) in [6.45, 7) is 6.49. The summed E-state index contributed by atoms with van der Waals surface area (Å²) in [7, 11) is 0. The van der Waals surface area contributed by atoms with E-state index in [1.165, 1.54) is 135 Å². The quantitative estimate of drug-likeness (QED) is 0.0261. The zero-order valence-electron chi connectivity index (χ0n) is 48.1. The van der Waals surface area contributed by atoms with Crippen molar-refractivity contribution in [3.8, 4) is 0 Å². The van der Waals surface area contributed by atoms with Gasteiger partial charge in [0.1, 0.15) is 13.2 Å². The highest BCUT2D eigenvalue weighted by molar-refractivity contribution is 5.71. The Morgan fingerprint density at radius 3 is 0.863 bits per heavy atom. The zero-order valence-corrected chi connectivity index (χ0v) is 48.1. The number of hydrogen-bond acceptors (Lipinski definition) is 6. The molecule has 0 radical (unpaired) electrons. The Kier molecular flexibility index (Phi) is 58.3. The number of ether oxygens (including phenoxy) is 3. The lowest BCUT2D eigenvalue weighted by Gasteiger charge is -2.18. The fourth-order valence-electron chi connectivity index (χ4n) is 8.69. The first-order chi connectivity index (χ1) is 36.0. The van der Waals surface area contributed by atoms with Crippen molar-refractivity contribution in [3.63, 3.8) is 0 Å². The maximum atomic E-state index is 12.9. The molecule has 0 amide bonds. The number of carbonyl (C=O) groups excluding carboxylic acids is 3. The van der Waals surface area contributed by atoms with Crippen molar-refractivity contribution in [2.24, 2.45) is 0 Å². The van der Waals surface area contributed by atoms with Gasteiger partial charge in [-0.25, -0.2) is 0 Å². The molecule has 1 atom stereocenters. The van der Waals surface area contributed by atoms with E-state index in [-0.39, 0.29) is 31.1 Å². The molecule has 0 aromatic carbocycles. The molecule has 0 aromatic heterocycles. The molecule has 0 heterocycles. The summed E-state index contributed by atoms with van der Waals surface area (Å²) < 4.78 is 16.9. The Bertz CT molecular complexity index is 1400. The van der Waals surface area contributed by atoms with Gasteiger partial charge < -0.3 is 14.2 Å². The first-order valence-electron chi connectivity index (χ1n) is 31.1. The third kappa shape index (κ3) is 59.3. The van der Waals surface area contributed by atoms with Gasteiger partial charge in [-0.2, -0.15) is 0 Å². The van der Waals surface area contributed by atoms with Crippen LogP contribution in [0.5, 0.6) is 0 Å². The van der Waals surface area contributed by atoms with Gasteiger partial charge >= 0.3 is 17.9 Å². The van der Waals surface area contributed by atoms with E-state index in [1.807, 2.05) is 0 Å². The number of esters is 3. The fourth-order valence-corrected chi connectivity index (χ4v) is 8.69. The zero-order chi connectivity index (χ0) is 52.9. The summed E-state index contributed by atoms with van der Waals surface area (Å²) in [6.07, 6.45) is 80.1. The number of hydrogen-bond donors (Lipinski definition) is 0. The van der Waals surface area contributed by atoms with Gasteiger partial charge in [-0.15, -0.1) is 0 Å². The third-order valence-corrected chi connectivity index (χ3v) is 13.4. The molecule has 6 nitrogen and oxygen atoms in total. The lowest BCUT2D eigenvalue weighted by molar-refractivity contribution is -0.167. The van der Waals surface area contributed by atoms with E-state index < -0.39 is 6.10 Å². The van der Waals surface area contributed by atoms with Gasteiger partial charge in [0.25, 0.3) is 0 Å². The lowest BCUT2D eigenvalue weighted by atomic mass is 10.0. The molecule has 0 spiro atoms. The van der Waals surface area contributed by atoms with Crippen LogP contribution in [0.3, 0.4) is 0 Å². The SMILES string of the molecule is CC/C=C\C/C=C\C/C=C\CCCCCCCC(=O)OC(COC(=O)CCCCCCC/C=C\C/C=C\CCCCC)COC(=O)CCCCCCCCCCCCCCC/C=C\C/C=C\CCCCCCC. The average molecular weight is 1020 g/mol. The summed E-state index contributed by atoms with van der Waals surface area (Å²) in [6, 6.07) is 0. The Morgan fingerprint density at radius 1 is 0.288 bits per heavy atom. The average Bonchev–Trinajstić information content (AvgIpc) is 3.39. The highest BCUT2D eigenvalue weighted by atomic mass is 16.6. The van der Waals surface area contributed by atoms with Gasteiger partial charge in [0.05, 0.1) is 0 Å². The summed E-state index contributed by atoms with van der Waals surface area (Å²) in [5, 5.41) is 0. The van der Waals surface area contributed by atoms with E-state index in [2.05, 4.69) is 106 Å². The van der Waals surface area contributed by atoms with Gasteiger partial charge in [0.15, 0.2) is 6.10 Å². The molecular formula is C67H116O6. The van der Waals surface area contributed by atoms with Crippen LogP contribution in [0.25, 0.3) is 0 Å². The van der Waals surface area contributed by atoms with Crippen LogP contribution in [0.2, 0.25) is 0 Å². The summed E-state index contributed by atoms with van der Waals surface area (Å²) in [4.78, 5) is 38.2. The van der Waals surface area contributed by atoms with Crippen molar-refractivity contribution in [2.75, 3.05) is 13.2 Å². The molecule has 6 heteroatoms. The van der Waals surface area contributed by atoms with Crippen LogP contribution in [0.1, 0.15) is 303 Å². The largest absolute Gasteiger partial charge is 0.462 e. The van der Waals surface area contributed by atoms with Crippen molar-refractivity contribution < 1.29 is 28.6 Å². The monoisotopic (exact) mass is 1020 g/mol. The molecular weight excluding hydrogens is 901 g/mol. The summed E-state index contributed by atoms with van der Waals surface area (Å²) in [5.41, 5.74) is 0. The summed E-state index contributed by atoms with van der Waals surface area (Å²) >= 11 is 0. The van der Waals surface area contributed by atoms with E-state index in [0.29, 0.717) is 19.3 Å². The minimum atomic E-state index is -0.793. The van der Waals surface area contributed by atoms with Gasteiger partial charge in [-0.1, -0.05) is 254 Å². The van der Waals surface area contributed by atoms with E-state index in [0.717, 1.165) is 128 Å². The van der Waals surface area contributed by atoms with Gasteiger partial charge in [-0.3, -0.25) is 14.4 Å². The third-order valence-electron chi connectivity index (χ3n) is 13.4. The van der Waals surface area contributed by atoms with Crippen LogP contribution in [0, 0.1) is 0 Å². The van der Waals surface area contributed by atoms with E-state index in [1.54, 1.807) is 0 Å². The van der Waals surface area contributed by atoms with Gasteiger partial charge in [-0.05, 0) is 116 Å². The second-order valence-electron chi connectivity index (χ2n) is 20.6. The maximum absolute atomic E-state index is 12.9. The van der Waals surface area contributed by atoms with Crippen LogP contribution in [-0.4, -0.2) is 37.2 Å². The molecule has 0 aromatic rings. The molecule has 0 saturated carbocycles. The standard InChI is InChI=1S/C67H116O6/c1-4-7-10-13-16-19-22-25-28-29-30-31-32-33-34-35-36-37-40-42-45-48-51-54-57-60-66(69)72-63-64(73-67(70)61-58-55-52-49-46-43-39-27-24-21-18-15-12-9-6-3)62-71-65(68)59-56-53-50-47-44-41-38-26-23-20-17-14-11-8-5-2/h9,12,17-18,20-22,25-27,29-30,38-39,64H,4-8,10-11,13-16,19,23-24,28,31-37,40-63H2,1-3H3/b12-9-,20-17-,21-18-,25-22-,30-29-,38-26-,39-27-. The second kappa shape index (κ2) is 61.1. The Labute approximate surface area is 452 Å².